The predicted octanol–water partition coefficient (Wildman–Crippen LogP) is 4.61. The number of imide groups is 1. The number of rotatable bonds is 5. The first-order chi connectivity index (χ1) is 14.3. The molecule has 0 aromatic heterocycles. The van der Waals surface area contributed by atoms with Crippen molar-refractivity contribution >= 4 is 46.3 Å². The van der Waals surface area contributed by atoms with E-state index in [-0.39, 0.29) is 17.2 Å². The van der Waals surface area contributed by atoms with Crippen LogP contribution in [0.4, 0.5) is 5.69 Å². The first-order valence-corrected chi connectivity index (χ1v) is 10.3. The molecule has 0 saturated carbocycles. The lowest BCUT2D eigenvalue weighted by molar-refractivity contribution is -0.137. The second-order valence-corrected chi connectivity index (χ2v) is 8.32. The quantitative estimate of drug-likeness (QED) is 0.678. The number of fused-ring (bicyclic) bond motifs is 1. The smallest absolute Gasteiger partial charge is 0.278 e. The van der Waals surface area contributed by atoms with E-state index in [4.69, 9.17) is 32.7 Å². The van der Waals surface area contributed by atoms with Gasteiger partial charge in [-0.15, -0.1) is 0 Å². The van der Waals surface area contributed by atoms with Gasteiger partial charge in [-0.2, -0.15) is 0 Å². The molecular weight excluding hydrogens is 427 g/mol. The number of nitrogens with one attached hydrogen (secondary N) is 1. The van der Waals surface area contributed by atoms with Gasteiger partial charge in [0.05, 0.1) is 10.6 Å². The van der Waals surface area contributed by atoms with Gasteiger partial charge in [0.15, 0.2) is 11.5 Å². The van der Waals surface area contributed by atoms with Crippen molar-refractivity contribution in [3.63, 3.8) is 0 Å². The summed E-state index contributed by atoms with van der Waals surface area (Å²) in [7, 11) is 0. The van der Waals surface area contributed by atoms with Crippen LogP contribution in [0.15, 0.2) is 42.1 Å². The minimum absolute atomic E-state index is 0.119. The molecule has 0 atom stereocenters. The molecule has 0 saturated heterocycles. The van der Waals surface area contributed by atoms with Gasteiger partial charge < -0.3 is 14.8 Å². The molecule has 2 aliphatic rings. The summed E-state index contributed by atoms with van der Waals surface area (Å²) in [6, 6.07) is 10.1. The van der Waals surface area contributed by atoms with Gasteiger partial charge in [-0.25, -0.2) is 0 Å². The third-order valence-electron chi connectivity index (χ3n) is 4.73. The molecule has 30 heavy (non-hydrogen) atoms. The number of carbonyl (C=O) groups excluding carboxylic acids is 2. The third-order valence-corrected chi connectivity index (χ3v) is 5.28. The highest BCUT2D eigenvalue weighted by molar-refractivity contribution is 6.41. The molecule has 2 aliphatic heterocycles. The first-order valence-electron chi connectivity index (χ1n) is 9.57. The molecule has 0 radical (unpaired) electrons. The highest BCUT2D eigenvalue weighted by atomic mass is 35.5. The molecule has 2 amide bonds. The first kappa shape index (κ1) is 20.6. The Hall–Kier alpha value is -2.70. The lowest BCUT2D eigenvalue weighted by atomic mass is 10.0. The van der Waals surface area contributed by atoms with Crippen molar-refractivity contribution in [1.29, 1.82) is 0 Å². The van der Waals surface area contributed by atoms with E-state index >= 15 is 0 Å². The molecule has 0 fully saturated rings. The van der Waals surface area contributed by atoms with Crippen LogP contribution in [-0.2, 0) is 9.59 Å². The maximum atomic E-state index is 13.2. The van der Waals surface area contributed by atoms with Crippen LogP contribution >= 0.6 is 23.2 Å². The summed E-state index contributed by atoms with van der Waals surface area (Å²) in [5.41, 5.74) is 1.44. The second-order valence-electron chi connectivity index (χ2n) is 7.47. The van der Waals surface area contributed by atoms with Crippen LogP contribution in [0.1, 0.15) is 19.4 Å². The van der Waals surface area contributed by atoms with Crippen molar-refractivity contribution in [2.45, 2.75) is 13.8 Å². The van der Waals surface area contributed by atoms with Gasteiger partial charge in [0.25, 0.3) is 11.8 Å². The van der Waals surface area contributed by atoms with Crippen LogP contribution in [0.2, 0.25) is 10.0 Å². The number of amides is 2. The minimum Gasteiger partial charge on any atom is -0.486 e. The van der Waals surface area contributed by atoms with Gasteiger partial charge in [-0.3, -0.25) is 14.5 Å². The van der Waals surface area contributed by atoms with Crippen LogP contribution in [0, 0.1) is 5.92 Å². The number of nitrogens with zero attached hydrogens (tertiary/aromatic N) is 1. The van der Waals surface area contributed by atoms with Gasteiger partial charge in [0.1, 0.15) is 18.9 Å². The Labute approximate surface area is 184 Å². The van der Waals surface area contributed by atoms with E-state index < -0.39 is 11.8 Å². The molecular formula is C22H20Cl2N2O4. The fraction of sp³-hybridized carbons (Fsp3) is 0.273. The number of anilines is 1. The summed E-state index contributed by atoms with van der Waals surface area (Å²) in [4.78, 5) is 27.6. The van der Waals surface area contributed by atoms with Crippen LogP contribution in [0.25, 0.3) is 5.57 Å². The van der Waals surface area contributed by atoms with Gasteiger partial charge in [0.2, 0.25) is 0 Å². The molecule has 8 heteroatoms. The van der Waals surface area contributed by atoms with E-state index in [1.165, 1.54) is 4.90 Å². The van der Waals surface area contributed by atoms with E-state index in [0.29, 0.717) is 52.6 Å². The van der Waals surface area contributed by atoms with Gasteiger partial charge in [-0.1, -0.05) is 43.1 Å². The topological polar surface area (TPSA) is 67.9 Å². The zero-order chi connectivity index (χ0) is 21.4. The van der Waals surface area contributed by atoms with Gasteiger partial charge in [0, 0.05) is 28.9 Å². The lowest BCUT2D eigenvalue weighted by Crippen LogP contribution is -2.35. The summed E-state index contributed by atoms with van der Waals surface area (Å²) in [6.07, 6.45) is 0. The highest BCUT2D eigenvalue weighted by Crippen LogP contribution is 2.37. The van der Waals surface area contributed by atoms with Crippen molar-refractivity contribution in [3.05, 3.63) is 57.7 Å². The SMILES string of the molecule is CC(C)CN1C(=O)C(Nc2ccc3c(c2)OCCO3)=C(c2ccc(Cl)cc2Cl)C1=O. The summed E-state index contributed by atoms with van der Waals surface area (Å²) in [5, 5.41) is 3.85. The number of halogens is 2. The van der Waals surface area contributed by atoms with Gasteiger partial charge in [-0.05, 0) is 30.2 Å². The molecule has 0 spiro atoms. The lowest BCUT2D eigenvalue weighted by Gasteiger charge is -2.20. The van der Waals surface area contributed by atoms with E-state index in [9.17, 15) is 9.59 Å². The van der Waals surface area contributed by atoms with Crippen molar-refractivity contribution in [2.75, 3.05) is 25.1 Å². The van der Waals surface area contributed by atoms with E-state index in [0.717, 1.165) is 0 Å². The van der Waals surface area contributed by atoms with E-state index in [1.807, 2.05) is 13.8 Å². The molecule has 2 aromatic rings. The zero-order valence-electron chi connectivity index (χ0n) is 16.5. The summed E-state index contributed by atoms with van der Waals surface area (Å²) < 4.78 is 11.2. The molecule has 156 valence electrons. The normalized spacial score (nSPS) is 16.0. The number of benzene rings is 2. The number of hydrogen-bond donors (Lipinski definition) is 1. The molecule has 0 bridgehead atoms. The second kappa shape index (κ2) is 8.20. The summed E-state index contributed by atoms with van der Waals surface area (Å²) in [5.74, 6) is 0.543. The predicted molar refractivity (Wildman–Crippen MR) is 116 cm³/mol. The van der Waals surface area contributed by atoms with E-state index in [2.05, 4.69) is 5.32 Å². The monoisotopic (exact) mass is 446 g/mol. The Morgan fingerprint density at radius 2 is 1.73 bits per heavy atom. The maximum Gasteiger partial charge on any atom is 0.278 e. The largest absolute Gasteiger partial charge is 0.486 e. The number of ether oxygens (including phenoxy) is 2. The number of hydrogen-bond acceptors (Lipinski definition) is 5. The molecule has 4 rings (SSSR count). The Morgan fingerprint density at radius 3 is 2.43 bits per heavy atom. The average Bonchev–Trinajstić information content (AvgIpc) is 2.92. The van der Waals surface area contributed by atoms with Crippen molar-refractivity contribution in [2.24, 2.45) is 5.92 Å². The minimum atomic E-state index is -0.399. The fourth-order valence-corrected chi connectivity index (χ4v) is 3.93. The van der Waals surface area contributed by atoms with Crippen LogP contribution in [0.5, 0.6) is 11.5 Å². The molecule has 0 aliphatic carbocycles. The Balaban J connectivity index is 1.77. The Bertz CT molecular complexity index is 1070. The average molecular weight is 447 g/mol. The van der Waals surface area contributed by atoms with Crippen molar-refractivity contribution in [1.82, 2.24) is 4.90 Å². The molecule has 0 unspecified atom stereocenters. The standard InChI is InChI=1S/C22H20Cl2N2O4/c1-12(2)11-26-21(27)19(15-5-3-13(23)9-16(15)24)20(22(26)28)25-14-4-6-17-18(10-14)30-8-7-29-17/h3-6,9-10,12,25H,7-8,11H2,1-2H3. The van der Waals surface area contributed by atoms with Gasteiger partial charge >= 0.3 is 0 Å². The van der Waals surface area contributed by atoms with Crippen LogP contribution in [0.3, 0.4) is 0 Å². The Morgan fingerprint density at radius 1 is 1.00 bits per heavy atom. The number of carbonyl (C=O) groups is 2. The third kappa shape index (κ3) is 3.85. The summed E-state index contributed by atoms with van der Waals surface area (Å²) >= 11 is 12.4. The zero-order valence-corrected chi connectivity index (χ0v) is 18.0. The van der Waals surface area contributed by atoms with Crippen molar-refractivity contribution in [3.8, 4) is 11.5 Å². The fourth-order valence-electron chi connectivity index (χ4n) is 3.43. The Kier molecular flexibility index (Phi) is 5.62. The van der Waals surface area contributed by atoms with Crippen LogP contribution < -0.4 is 14.8 Å². The summed E-state index contributed by atoms with van der Waals surface area (Å²) in [6.45, 7) is 5.13. The molecule has 2 aromatic carbocycles. The van der Waals surface area contributed by atoms with Crippen LogP contribution in [-0.4, -0.2) is 36.5 Å². The maximum absolute atomic E-state index is 13.2. The molecule has 6 nitrogen and oxygen atoms in total. The van der Waals surface area contributed by atoms with E-state index in [1.54, 1.807) is 36.4 Å². The molecule has 2 heterocycles. The highest BCUT2D eigenvalue weighted by Gasteiger charge is 2.40. The van der Waals surface area contributed by atoms with Crippen molar-refractivity contribution < 1.29 is 19.1 Å². The molecule has 1 N–H and O–H groups in total.